The van der Waals surface area contributed by atoms with Crippen LogP contribution in [0.15, 0.2) is 24.3 Å². The molecule has 2 rings (SSSR count). The third-order valence-corrected chi connectivity index (χ3v) is 5.14. The Bertz CT molecular complexity index is 461. The zero-order valence-electron chi connectivity index (χ0n) is 12.8. The van der Waals surface area contributed by atoms with Gasteiger partial charge in [0.25, 0.3) is 0 Å². The van der Waals surface area contributed by atoms with Crippen molar-refractivity contribution in [2.45, 2.75) is 31.9 Å². The normalized spacial score (nSPS) is 21.1. The van der Waals surface area contributed by atoms with Crippen LogP contribution in [0, 0.1) is 0 Å². The van der Waals surface area contributed by atoms with Gasteiger partial charge in [0.05, 0.1) is 12.7 Å². The summed E-state index contributed by atoms with van der Waals surface area (Å²) in [5, 5.41) is 3.26. The second-order valence-corrected chi connectivity index (χ2v) is 6.77. The van der Waals surface area contributed by atoms with E-state index in [-0.39, 0.29) is 12.1 Å². The molecule has 1 aliphatic heterocycles. The molecule has 0 spiro atoms. The summed E-state index contributed by atoms with van der Waals surface area (Å²) in [5.41, 5.74) is 1.07. The van der Waals surface area contributed by atoms with Crippen molar-refractivity contribution in [1.82, 2.24) is 5.32 Å². The molecule has 0 radical (unpaired) electrons. The van der Waals surface area contributed by atoms with Crippen molar-refractivity contribution in [3.8, 4) is 5.75 Å². The number of hydrogen-bond acceptors (Lipinski definition) is 4. The molecule has 1 N–H and O–H groups in total. The highest BCUT2D eigenvalue weighted by molar-refractivity contribution is 7.85. The van der Waals surface area contributed by atoms with E-state index in [0.29, 0.717) is 18.1 Å². The predicted molar refractivity (Wildman–Crippen MR) is 86.3 cm³/mol. The summed E-state index contributed by atoms with van der Waals surface area (Å²) in [7, 11) is 1.00. The molecule has 1 fully saturated rings. The minimum Gasteiger partial charge on any atom is -0.494 e. The summed E-state index contributed by atoms with van der Waals surface area (Å²) >= 11 is 0. The zero-order chi connectivity index (χ0) is 15.1. The van der Waals surface area contributed by atoms with Crippen LogP contribution in [0.1, 0.15) is 31.4 Å². The Labute approximate surface area is 129 Å². The lowest BCUT2D eigenvalue weighted by atomic mass is 10.1. The van der Waals surface area contributed by atoms with Crippen molar-refractivity contribution in [3.05, 3.63) is 29.8 Å². The standard InChI is InChI=1S/C16H25NO3S/c1-3-19-16-9-5-4-8-14(16)15(17-2)12-21(18)11-13-7-6-10-20-13/h4-5,8-9,13,15,17H,3,6-7,10-12H2,1-2H3. The van der Waals surface area contributed by atoms with E-state index in [2.05, 4.69) is 5.32 Å². The summed E-state index contributed by atoms with van der Waals surface area (Å²) in [4.78, 5) is 0. The lowest BCUT2D eigenvalue weighted by molar-refractivity contribution is 0.128. The van der Waals surface area contributed by atoms with E-state index in [9.17, 15) is 4.21 Å². The molecular formula is C16H25NO3S. The van der Waals surface area contributed by atoms with Crippen LogP contribution in [0.3, 0.4) is 0 Å². The molecule has 0 saturated carbocycles. The molecule has 0 amide bonds. The summed E-state index contributed by atoms with van der Waals surface area (Å²) in [5.74, 6) is 2.09. The van der Waals surface area contributed by atoms with Gasteiger partial charge in [-0.3, -0.25) is 4.21 Å². The first-order chi connectivity index (χ1) is 10.2. The molecule has 4 nitrogen and oxygen atoms in total. The minimum absolute atomic E-state index is 0.0370. The maximum atomic E-state index is 12.4. The Hall–Kier alpha value is -0.910. The lowest BCUT2D eigenvalue weighted by Crippen LogP contribution is -2.27. The Kier molecular flexibility index (Phi) is 6.67. The van der Waals surface area contributed by atoms with Crippen molar-refractivity contribution >= 4 is 10.8 Å². The Balaban J connectivity index is 2.00. The number of benzene rings is 1. The fourth-order valence-electron chi connectivity index (χ4n) is 2.62. The molecule has 3 unspecified atom stereocenters. The van der Waals surface area contributed by atoms with Gasteiger partial charge in [-0.2, -0.15) is 0 Å². The van der Waals surface area contributed by atoms with Gasteiger partial charge in [-0.1, -0.05) is 18.2 Å². The molecule has 118 valence electrons. The van der Waals surface area contributed by atoms with Gasteiger partial charge in [0.15, 0.2) is 0 Å². The monoisotopic (exact) mass is 311 g/mol. The number of ether oxygens (including phenoxy) is 2. The van der Waals surface area contributed by atoms with Crippen molar-refractivity contribution < 1.29 is 13.7 Å². The molecule has 1 aromatic rings. The van der Waals surface area contributed by atoms with Gasteiger partial charge >= 0.3 is 0 Å². The quantitative estimate of drug-likeness (QED) is 0.800. The largest absolute Gasteiger partial charge is 0.494 e. The molecule has 1 heterocycles. The molecular weight excluding hydrogens is 286 g/mol. The van der Waals surface area contributed by atoms with E-state index >= 15 is 0 Å². The van der Waals surface area contributed by atoms with Crippen LogP contribution in [0.25, 0.3) is 0 Å². The number of nitrogens with one attached hydrogen (secondary N) is 1. The second-order valence-electron chi connectivity index (χ2n) is 5.22. The smallest absolute Gasteiger partial charge is 0.124 e. The van der Waals surface area contributed by atoms with Gasteiger partial charge in [-0.15, -0.1) is 0 Å². The molecule has 1 saturated heterocycles. The summed E-state index contributed by atoms with van der Waals surface area (Å²) in [6.07, 6.45) is 2.29. The first kappa shape index (κ1) is 16.5. The van der Waals surface area contributed by atoms with Gasteiger partial charge in [0.1, 0.15) is 5.75 Å². The van der Waals surface area contributed by atoms with Crippen molar-refractivity contribution in [3.63, 3.8) is 0 Å². The van der Waals surface area contributed by atoms with Crippen LogP contribution in [-0.2, 0) is 15.5 Å². The minimum atomic E-state index is -0.896. The van der Waals surface area contributed by atoms with Gasteiger partial charge < -0.3 is 14.8 Å². The Morgan fingerprint density at radius 2 is 2.29 bits per heavy atom. The molecule has 0 aliphatic carbocycles. The van der Waals surface area contributed by atoms with Crippen LogP contribution < -0.4 is 10.1 Å². The average molecular weight is 311 g/mol. The number of hydrogen-bond donors (Lipinski definition) is 1. The van der Waals surface area contributed by atoms with Gasteiger partial charge in [0, 0.05) is 40.5 Å². The second kappa shape index (κ2) is 8.51. The van der Waals surface area contributed by atoms with Crippen LogP contribution in [0.2, 0.25) is 0 Å². The predicted octanol–water partition coefficient (Wildman–Crippen LogP) is 2.27. The number of rotatable bonds is 8. The summed E-state index contributed by atoms with van der Waals surface area (Å²) in [6, 6.07) is 7.99. The number of para-hydroxylation sites is 1. The van der Waals surface area contributed by atoms with Gasteiger partial charge in [0.2, 0.25) is 0 Å². The Morgan fingerprint density at radius 3 is 2.95 bits per heavy atom. The van der Waals surface area contributed by atoms with Crippen LogP contribution in [0.5, 0.6) is 5.75 Å². The van der Waals surface area contributed by atoms with E-state index in [1.54, 1.807) is 0 Å². The molecule has 3 atom stereocenters. The van der Waals surface area contributed by atoms with Gasteiger partial charge in [-0.05, 0) is 32.9 Å². The highest BCUT2D eigenvalue weighted by Crippen LogP contribution is 2.26. The third-order valence-electron chi connectivity index (χ3n) is 3.69. The van der Waals surface area contributed by atoms with Crippen LogP contribution in [-0.4, -0.2) is 42.1 Å². The highest BCUT2D eigenvalue weighted by atomic mass is 32.2. The third kappa shape index (κ3) is 4.80. The van der Waals surface area contributed by atoms with Gasteiger partial charge in [-0.25, -0.2) is 0 Å². The molecule has 0 aromatic heterocycles. The lowest BCUT2D eigenvalue weighted by Gasteiger charge is -2.20. The average Bonchev–Trinajstić information content (AvgIpc) is 2.99. The van der Waals surface area contributed by atoms with E-state index in [1.807, 2.05) is 38.2 Å². The topological polar surface area (TPSA) is 47.6 Å². The van der Waals surface area contributed by atoms with Crippen molar-refractivity contribution in [2.24, 2.45) is 0 Å². The Morgan fingerprint density at radius 1 is 1.48 bits per heavy atom. The molecule has 5 heteroatoms. The van der Waals surface area contributed by atoms with Crippen molar-refractivity contribution in [2.75, 3.05) is 31.8 Å². The molecule has 1 aliphatic rings. The SMILES string of the molecule is CCOc1ccccc1C(CS(=O)CC1CCCO1)NC. The maximum absolute atomic E-state index is 12.4. The van der Waals surface area contributed by atoms with Crippen LogP contribution >= 0.6 is 0 Å². The van der Waals surface area contributed by atoms with E-state index in [0.717, 1.165) is 30.8 Å². The first-order valence-electron chi connectivity index (χ1n) is 7.60. The zero-order valence-corrected chi connectivity index (χ0v) is 13.7. The molecule has 21 heavy (non-hydrogen) atoms. The maximum Gasteiger partial charge on any atom is 0.124 e. The molecule has 0 bridgehead atoms. The summed E-state index contributed by atoms with van der Waals surface area (Å²) < 4.78 is 23.6. The van der Waals surface area contributed by atoms with Crippen LogP contribution in [0.4, 0.5) is 0 Å². The fraction of sp³-hybridized carbons (Fsp3) is 0.625. The van der Waals surface area contributed by atoms with Crippen molar-refractivity contribution in [1.29, 1.82) is 0 Å². The summed E-state index contributed by atoms with van der Waals surface area (Å²) in [6.45, 7) is 3.41. The highest BCUT2D eigenvalue weighted by Gasteiger charge is 2.22. The van der Waals surface area contributed by atoms with E-state index < -0.39 is 10.8 Å². The fourth-order valence-corrected chi connectivity index (χ4v) is 4.15. The van der Waals surface area contributed by atoms with E-state index in [4.69, 9.17) is 9.47 Å². The van der Waals surface area contributed by atoms with E-state index in [1.165, 1.54) is 0 Å². The first-order valence-corrected chi connectivity index (χ1v) is 9.09. The molecule has 1 aromatic carbocycles.